The number of halogens is 1. The summed E-state index contributed by atoms with van der Waals surface area (Å²) < 4.78 is 5.43. The maximum atomic E-state index is 11.6. The number of hydrogen-bond acceptors (Lipinski definition) is 3. The molecule has 0 atom stereocenters. The molecule has 0 fully saturated rings. The van der Waals surface area contributed by atoms with Crippen molar-refractivity contribution in [2.75, 3.05) is 10.6 Å². The number of nitrogens with zero attached hydrogens (tertiary/aromatic N) is 1. The van der Waals surface area contributed by atoms with Crippen LogP contribution in [-0.4, -0.2) is 11.2 Å². The lowest BCUT2D eigenvalue weighted by molar-refractivity contribution is 0.262. The van der Waals surface area contributed by atoms with E-state index in [1.807, 2.05) is 25.1 Å². The van der Waals surface area contributed by atoms with E-state index in [2.05, 4.69) is 36.2 Å². The monoisotopic (exact) mass is 295 g/mol. The zero-order valence-electron chi connectivity index (χ0n) is 9.03. The van der Waals surface area contributed by atoms with Crippen molar-refractivity contribution in [1.82, 2.24) is 5.16 Å². The molecule has 0 saturated heterocycles. The third-order valence-electron chi connectivity index (χ3n) is 2.05. The van der Waals surface area contributed by atoms with Crippen molar-refractivity contribution in [3.05, 3.63) is 40.6 Å². The number of amides is 2. The van der Waals surface area contributed by atoms with Crippen molar-refractivity contribution >= 4 is 33.5 Å². The molecule has 0 bridgehead atoms. The van der Waals surface area contributed by atoms with E-state index in [-0.39, 0.29) is 6.03 Å². The summed E-state index contributed by atoms with van der Waals surface area (Å²) in [5.41, 5.74) is 1.80. The third kappa shape index (κ3) is 3.07. The summed E-state index contributed by atoms with van der Waals surface area (Å²) in [6, 6.07) is 6.84. The van der Waals surface area contributed by atoms with Crippen LogP contribution in [0.2, 0.25) is 0 Å². The van der Waals surface area contributed by atoms with Gasteiger partial charge in [-0.25, -0.2) is 4.79 Å². The first kappa shape index (κ1) is 11.7. The van der Waals surface area contributed by atoms with E-state index in [9.17, 15) is 4.79 Å². The second kappa shape index (κ2) is 5.01. The quantitative estimate of drug-likeness (QED) is 0.892. The fourth-order valence-electron chi connectivity index (χ4n) is 1.27. The molecule has 0 aliphatic heterocycles. The molecule has 0 aliphatic rings. The average Bonchev–Trinajstić information content (AvgIpc) is 2.75. The molecular weight excluding hydrogens is 286 g/mol. The van der Waals surface area contributed by atoms with Crippen LogP contribution in [0.1, 0.15) is 5.56 Å². The Bertz CT molecular complexity index is 526. The van der Waals surface area contributed by atoms with Crippen LogP contribution < -0.4 is 10.6 Å². The molecule has 2 aromatic rings. The minimum Gasteiger partial charge on any atom is -0.363 e. The second-order valence-corrected chi connectivity index (χ2v) is 4.30. The van der Waals surface area contributed by atoms with Gasteiger partial charge in [0.1, 0.15) is 6.26 Å². The van der Waals surface area contributed by atoms with E-state index in [1.165, 1.54) is 6.26 Å². The number of aryl methyl sites for hydroxylation is 1. The van der Waals surface area contributed by atoms with E-state index in [0.29, 0.717) is 11.5 Å². The fraction of sp³-hybridized carbons (Fsp3) is 0.0909. The summed E-state index contributed by atoms with van der Waals surface area (Å²) in [6.07, 6.45) is 1.39. The number of nitrogens with one attached hydrogen (secondary N) is 2. The molecule has 1 aromatic carbocycles. The number of aromatic nitrogens is 1. The highest BCUT2D eigenvalue weighted by Gasteiger charge is 2.06. The molecule has 88 valence electrons. The molecule has 6 heteroatoms. The van der Waals surface area contributed by atoms with Crippen LogP contribution in [0.5, 0.6) is 0 Å². The molecule has 0 saturated carbocycles. The summed E-state index contributed by atoms with van der Waals surface area (Å²) in [5, 5.41) is 8.81. The summed E-state index contributed by atoms with van der Waals surface area (Å²) in [7, 11) is 0. The number of rotatable bonds is 2. The van der Waals surface area contributed by atoms with Crippen molar-refractivity contribution in [1.29, 1.82) is 0 Å². The zero-order valence-corrected chi connectivity index (χ0v) is 10.6. The van der Waals surface area contributed by atoms with Gasteiger partial charge >= 0.3 is 6.03 Å². The first-order valence-electron chi connectivity index (χ1n) is 4.90. The highest BCUT2D eigenvalue weighted by molar-refractivity contribution is 9.10. The van der Waals surface area contributed by atoms with Crippen LogP contribution in [-0.2, 0) is 0 Å². The first-order chi connectivity index (χ1) is 8.15. The Balaban J connectivity index is 2.03. The average molecular weight is 296 g/mol. The van der Waals surface area contributed by atoms with E-state index in [1.54, 1.807) is 6.07 Å². The van der Waals surface area contributed by atoms with E-state index >= 15 is 0 Å². The molecule has 2 N–H and O–H groups in total. The van der Waals surface area contributed by atoms with Crippen LogP contribution in [0, 0.1) is 6.92 Å². The molecule has 0 radical (unpaired) electrons. The predicted molar refractivity (Wildman–Crippen MR) is 68.0 cm³/mol. The number of benzene rings is 1. The standard InChI is InChI=1S/C11H10BrN3O2/c1-7-2-3-9(8(12)6-7)13-11(16)14-10-4-5-17-15-10/h2-6H,1H3,(H2,13,14,15,16). The highest BCUT2D eigenvalue weighted by Crippen LogP contribution is 2.23. The van der Waals surface area contributed by atoms with Gasteiger partial charge in [0.05, 0.1) is 5.69 Å². The number of carbonyl (C=O) groups is 1. The lowest BCUT2D eigenvalue weighted by Gasteiger charge is -2.07. The maximum Gasteiger partial charge on any atom is 0.324 e. The Morgan fingerprint density at radius 2 is 2.18 bits per heavy atom. The minimum absolute atomic E-state index is 0.366. The Labute approximate surface area is 106 Å². The number of carbonyl (C=O) groups excluding carboxylic acids is 1. The molecule has 0 spiro atoms. The Morgan fingerprint density at radius 1 is 1.35 bits per heavy atom. The third-order valence-corrected chi connectivity index (χ3v) is 2.71. The van der Waals surface area contributed by atoms with Crippen LogP contribution in [0.25, 0.3) is 0 Å². The van der Waals surface area contributed by atoms with Gasteiger partial charge in [0.25, 0.3) is 0 Å². The largest absolute Gasteiger partial charge is 0.363 e. The van der Waals surface area contributed by atoms with Gasteiger partial charge in [0.15, 0.2) is 5.82 Å². The molecule has 2 amide bonds. The summed E-state index contributed by atoms with van der Waals surface area (Å²) in [5.74, 6) is 0.366. The van der Waals surface area contributed by atoms with Gasteiger partial charge in [-0.05, 0) is 40.5 Å². The molecule has 0 unspecified atom stereocenters. The van der Waals surface area contributed by atoms with Crippen molar-refractivity contribution in [3.8, 4) is 0 Å². The van der Waals surface area contributed by atoms with Gasteiger partial charge in [0.2, 0.25) is 0 Å². The van der Waals surface area contributed by atoms with E-state index in [0.717, 1.165) is 10.0 Å². The predicted octanol–water partition coefficient (Wildman–Crippen LogP) is 3.39. The molecule has 1 heterocycles. The Hall–Kier alpha value is -1.82. The molecule has 5 nitrogen and oxygen atoms in total. The van der Waals surface area contributed by atoms with Gasteiger partial charge in [-0.3, -0.25) is 5.32 Å². The van der Waals surface area contributed by atoms with Gasteiger partial charge in [0, 0.05) is 10.5 Å². The molecular formula is C11H10BrN3O2. The zero-order chi connectivity index (χ0) is 12.3. The Morgan fingerprint density at radius 3 is 2.82 bits per heavy atom. The molecule has 2 rings (SSSR count). The smallest absolute Gasteiger partial charge is 0.324 e. The molecule has 1 aromatic heterocycles. The second-order valence-electron chi connectivity index (χ2n) is 3.45. The summed E-state index contributed by atoms with van der Waals surface area (Å²) in [6.45, 7) is 1.98. The Kier molecular flexibility index (Phi) is 3.43. The van der Waals surface area contributed by atoms with Gasteiger partial charge in [-0.15, -0.1) is 0 Å². The summed E-state index contributed by atoms with van der Waals surface area (Å²) >= 11 is 3.38. The van der Waals surface area contributed by atoms with Crippen LogP contribution in [0.4, 0.5) is 16.3 Å². The lowest BCUT2D eigenvalue weighted by atomic mass is 10.2. The van der Waals surface area contributed by atoms with Crippen LogP contribution in [0.3, 0.4) is 0 Å². The maximum absolute atomic E-state index is 11.6. The number of hydrogen-bond donors (Lipinski definition) is 2. The fourth-order valence-corrected chi connectivity index (χ4v) is 1.86. The van der Waals surface area contributed by atoms with Crippen LogP contribution >= 0.6 is 15.9 Å². The van der Waals surface area contributed by atoms with Crippen molar-refractivity contribution in [2.45, 2.75) is 6.92 Å². The lowest BCUT2D eigenvalue weighted by Crippen LogP contribution is -2.19. The van der Waals surface area contributed by atoms with Gasteiger partial charge in [-0.2, -0.15) is 0 Å². The normalized spacial score (nSPS) is 10.0. The molecule has 17 heavy (non-hydrogen) atoms. The highest BCUT2D eigenvalue weighted by atomic mass is 79.9. The minimum atomic E-state index is -0.372. The van der Waals surface area contributed by atoms with Crippen LogP contribution in [0.15, 0.2) is 39.5 Å². The van der Waals surface area contributed by atoms with Gasteiger partial charge in [-0.1, -0.05) is 11.2 Å². The van der Waals surface area contributed by atoms with E-state index < -0.39 is 0 Å². The number of urea groups is 1. The first-order valence-corrected chi connectivity index (χ1v) is 5.69. The molecule has 0 aliphatic carbocycles. The van der Waals surface area contributed by atoms with Crippen molar-refractivity contribution in [2.24, 2.45) is 0 Å². The van der Waals surface area contributed by atoms with Gasteiger partial charge < -0.3 is 9.84 Å². The topological polar surface area (TPSA) is 67.2 Å². The van der Waals surface area contributed by atoms with Crippen molar-refractivity contribution < 1.29 is 9.32 Å². The van der Waals surface area contributed by atoms with Crippen molar-refractivity contribution in [3.63, 3.8) is 0 Å². The summed E-state index contributed by atoms with van der Waals surface area (Å²) in [4.78, 5) is 11.6. The SMILES string of the molecule is Cc1ccc(NC(=O)Nc2ccon2)c(Br)c1. The number of anilines is 2. The van der Waals surface area contributed by atoms with E-state index in [4.69, 9.17) is 0 Å².